The summed E-state index contributed by atoms with van der Waals surface area (Å²) in [5, 5.41) is 20.1. The van der Waals surface area contributed by atoms with Gasteiger partial charge in [0.15, 0.2) is 0 Å². The molecule has 0 spiro atoms. The van der Waals surface area contributed by atoms with E-state index in [1.54, 1.807) is 19.2 Å². The highest BCUT2D eigenvalue weighted by molar-refractivity contribution is 7.15. The van der Waals surface area contributed by atoms with E-state index in [1.807, 2.05) is 6.07 Å². The average molecular weight is 430 g/mol. The van der Waals surface area contributed by atoms with Crippen molar-refractivity contribution in [3.05, 3.63) is 55.8 Å². The number of non-ortho nitro benzene ring substituents is 1. The van der Waals surface area contributed by atoms with Crippen molar-refractivity contribution in [3.8, 4) is 11.8 Å². The number of primary amides is 1. The van der Waals surface area contributed by atoms with E-state index in [2.05, 4.69) is 33.5 Å². The minimum Gasteiger partial charge on any atom is -0.387 e. The Bertz CT molecular complexity index is 940. The van der Waals surface area contributed by atoms with Crippen LogP contribution in [0.4, 0.5) is 11.4 Å². The minimum absolute atomic E-state index is 0.0327. The third-order valence-corrected chi connectivity index (χ3v) is 5.30. The van der Waals surface area contributed by atoms with E-state index >= 15 is 0 Å². The molecule has 0 bridgehead atoms. The maximum atomic E-state index is 12.6. The molecule has 10 heteroatoms. The first kappa shape index (κ1) is 22.9. The Labute approximate surface area is 178 Å². The van der Waals surface area contributed by atoms with Crippen molar-refractivity contribution in [2.75, 3.05) is 25.5 Å². The number of hydrogen-bond donors (Lipinski definition) is 4. The van der Waals surface area contributed by atoms with E-state index in [0.717, 1.165) is 36.5 Å². The predicted octanol–water partition coefficient (Wildman–Crippen LogP) is 1.68. The van der Waals surface area contributed by atoms with E-state index in [-0.39, 0.29) is 24.0 Å². The van der Waals surface area contributed by atoms with Crippen molar-refractivity contribution < 1.29 is 14.5 Å². The Morgan fingerprint density at radius 2 is 2.07 bits per heavy atom. The van der Waals surface area contributed by atoms with Crippen molar-refractivity contribution in [2.24, 2.45) is 5.73 Å². The zero-order valence-corrected chi connectivity index (χ0v) is 17.3. The van der Waals surface area contributed by atoms with Gasteiger partial charge in [-0.2, -0.15) is 0 Å². The molecule has 0 aliphatic carbocycles. The number of hydrogen-bond acceptors (Lipinski definition) is 7. The number of carbonyl (C=O) groups is 2. The fourth-order valence-electron chi connectivity index (χ4n) is 2.83. The summed E-state index contributed by atoms with van der Waals surface area (Å²) < 4.78 is 0. The number of thiophene rings is 1. The minimum atomic E-state index is -0.442. The number of nitrogens with one attached hydrogen (secondary N) is 3. The number of nitrogens with zero attached hydrogens (tertiary/aromatic N) is 1. The smallest absolute Gasteiger partial charge is 0.269 e. The highest BCUT2D eigenvalue weighted by Gasteiger charge is 2.20. The van der Waals surface area contributed by atoms with Gasteiger partial charge in [0.1, 0.15) is 4.88 Å². The molecule has 2 aromatic rings. The molecule has 1 saturated heterocycles. The molecule has 1 aromatic heterocycles. The van der Waals surface area contributed by atoms with Crippen LogP contribution in [0.15, 0.2) is 30.3 Å². The first-order valence-electron chi connectivity index (χ1n) is 9.23. The van der Waals surface area contributed by atoms with Crippen molar-refractivity contribution in [1.82, 2.24) is 10.6 Å². The second-order valence-corrected chi connectivity index (χ2v) is 7.36. The van der Waals surface area contributed by atoms with Gasteiger partial charge in [0.2, 0.25) is 6.41 Å². The molecule has 30 heavy (non-hydrogen) atoms. The van der Waals surface area contributed by atoms with Crippen LogP contribution in [0.2, 0.25) is 0 Å². The van der Waals surface area contributed by atoms with Crippen LogP contribution in [0.5, 0.6) is 0 Å². The summed E-state index contributed by atoms with van der Waals surface area (Å²) in [4.78, 5) is 32.8. The predicted molar refractivity (Wildman–Crippen MR) is 117 cm³/mol. The number of piperidine rings is 1. The first-order valence-corrected chi connectivity index (χ1v) is 10.0. The van der Waals surface area contributed by atoms with E-state index in [1.165, 1.54) is 23.5 Å². The van der Waals surface area contributed by atoms with Crippen LogP contribution in [0.1, 0.15) is 33.0 Å². The number of amides is 2. The van der Waals surface area contributed by atoms with E-state index < -0.39 is 4.92 Å². The van der Waals surface area contributed by atoms with Crippen LogP contribution < -0.4 is 21.7 Å². The van der Waals surface area contributed by atoms with Crippen LogP contribution in [-0.4, -0.2) is 43.4 Å². The number of benzene rings is 1. The summed E-state index contributed by atoms with van der Waals surface area (Å²) in [6.45, 7) is 1.79. The van der Waals surface area contributed by atoms with Crippen molar-refractivity contribution in [2.45, 2.75) is 18.9 Å². The molecule has 1 aromatic carbocycles. The molecule has 9 nitrogen and oxygen atoms in total. The number of nitro benzene ring substituents is 1. The maximum absolute atomic E-state index is 12.6. The van der Waals surface area contributed by atoms with Gasteiger partial charge in [-0.05, 0) is 37.6 Å². The Morgan fingerprint density at radius 3 is 2.63 bits per heavy atom. The second kappa shape index (κ2) is 11.5. The summed E-state index contributed by atoms with van der Waals surface area (Å²) in [6, 6.07) is 8.07. The normalized spacial score (nSPS) is 14.9. The first-order chi connectivity index (χ1) is 14.5. The van der Waals surface area contributed by atoms with Gasteiger partial charge in [-0.15, -0.1) is 11.3 Å². The number of rotatable bonds is 4. The molecule has 158 valence electrons. The molecule has 1 aliphatic rings. The number of anilines is 1. The lowest BCUT2D eigenvalue weighted by molar-refractivity contribution is -0.384. The molecule has 1 aliphatic heterocycles. The lowest BCUT2D eigenvalue weighted by atomic mass is 10.1. The lowest BCUT2D eigenvalue weighted by Crippen LogP contribution is -2.45. The third kappa shape index (κ3) is 6.58. The standard InChI is InChI=1S/C19H20N4O3S.CH3NO/c1-20-17-11-16(9-6-13-4-7-15(8-5-13)23(25)26)27-18(17)19(24)22-14-3-2-10-21-12-14;2-1-3/h4-5,7-8,11,14,20-21H,2-3,10,12H2,1H3,(H,22,24);1H,(H2,2,3). The van der Waals surface area contributed by atoms with Gasteiger partial charge in [-0.25, -0.2) is 0 Å². The van der Waals surface area contributed by atoms with Crippen LogP contribution in [0.25, 0.3) is 0 Å². The highest BCUT2D eigenvalue weighted by Crippen LogP contribution is 2.27. The van der Waals surface area contributed by atoms with Gasteiger partial charge in [0, 0.05) is 37.3 Å². The van der Waals surface area contributed by atoms with Crippen LogP contribution >= 0.6 is 11.3 Å². The monoisotopic (exact) mass is 429 g/mol. The van der Waals surface area contributed by atoms with Gasteiger partial charge in [-0.3, -0.25) is 19.7 Å². The molecular weight excluding hydrogens is 406 g/mol. The van der Waals surface area contributed by atoms with E-state index in [9.17, 15) is 14.9 Å². The molecule has 1 atom stereocenters. The van der Waals surface area contributed by atoms with Gasteiger partial charge in [-0.1, -0.05) is 11.8 Å². The quantitative estimate of drug-likeness (QED) is 0.252. The third-order valence-electron chi connectivity index (χ3n) is 4.25. The maximum Gasteiger partial charge on any atom is 0.269 e. The van der Waals surface area contributed by atoms with Gasteiger partial charge in [0.05, 0.1) is 15.5 Å². The van der Waals surface area contributed by atoms with Gasteiger partial charge in [0.25, 0.3) is 11.6 Å². The van der Waals surface area contributed by atoms with Gasteiger partial charge >= 0.3 is 0 Å². The number of nitrogens with two attached hydrogens (primary N) is 1. The fraction of sp³-hybridized carbons (Fsp3) is 0.300. The van der Waals surface area contributed by atoms with Gasteiger partial charge < -0.3 is 21.7 Å². The molecule has 1 unspecified atom stereocenters. The molecular formula is C20H23N5O4S. The summed E-state index contributed by atoms with van der Waals surface area (Å²) >= 11 is 1.33. The Kier molecular flexibility index (Phi) is 8.80. The summed E-state index contributed by atoms with van der Waals surface area (Å²) in [5.74, 6) is 5.91. The number of nitro groups is 1. The largest absolute Gasteiger partial charge is 0.387 e. The second-order valence-electron chi connectivity index (χ2n) is 6.31. The van der Waals surface area contributed by atoms with E-state index in [0.29, 0.717) is 10.4 Å². The Morgan fingerprint density at radius 1 is 1.37 bits per heavy atom. The Hall–Kier alpha value is -3.42. The number of carbonyl (C=O) groups excluding carboxylic acids is 2. The van der Waals surface area contributed by atoms with Crippen LogP contribution in [0.3, 0.4) is 0 Å². The average Bonchev–Trinajstić information content (AvgIpc) is 3.17. The fourth-order valence-corrected chi connectivity index (χ4v) is 3.75. The summed E-state index contributed by atoms with van der Waals surface area (Å²) in [7, 11) is 1.77. The molecule has 2 amide bonds. The zero-order valence-electron chi connectivity index (χ0n) is 16.4. The lowest BCUT2D eigenvalue weighted by Gasteiger charge is -2.23. The highest BCUT2D eigenvalue weighted by atomic mass is 32.1. The topological polar surface area (TPSA) is 139 Å². The molecule has 3 rings (SSSR count). The Balaban J connectivity index is 0.00000101. The molecule has 1 fully saturated rings. The van der Waals surface area contributed by atoms with E-state index in [4.69, 9.17) is 4.79 Å². The SMILES string of the molecule is CNc1cc(C#Cc2ccc([N+](=O)[O-])cc2)sc1C(=O)NC1CCCNC1.NC=O. The summed E-state index contributed by atoms with van der Waals surface area (Å²) in [5.41, 5.74) is 5.62. The van der Waals surface area contributed by atoms with Crippen molar-refractivity contribution in [1.29, 1.82) is 0 Å². The van der Waals surface area contributed by atoms with Crippen LogP contribution in [0, 0.1) is 22.0 Å². The molecule has 0 radical (unpaired) electrons. The van der Waals surface area contributed by atoms with Crippen LogP contribution in [-0.2, 0) is 4.79 Å². The molecule has 0 saturated carbocycles. The zero-order chi connectivity index (χ0) is 21.9. The summed E-state index contributed by atoms with van der Waals surface area (Å²) in [6.07, 6.45) is 2.28. The van der Waals surface area contributed by atoms with Crippen molar-refractivity contribution >= 4 is 35.0 Å². The molecule has 2 heterocycles. The molecule has 5 N–H and O–H groups in total. The van der Waals surface area contributed by atoms with Crippen molar-refractivity contribution in [3.63, 3.8) is 0 Å².